The number of Topliss-reactive ketones (excluding diaryl/α,β-unsaturated/α-hetero) is 1. The maximum Gasteiger partial charge on any atom is 0.296 e. The van der Waals surface area contributed by atoms with E-state index in [1.807, 2.05) is 19.1 Å². The van der Waals surface area contributed by atoms with Crippen molar-refractivity contribution in [1.82, 2.24) is 0 Å². The number of hydrogen-bond acceptors (Lipinski definition) is 3. The lowest BCUT2D eigenvalue weighted by Crippen LogP contribution is -2.22. The Balaban J connectivity index is 2.46. The molecule has 1 N–H and O–H groups in total. The Labute approximate surface area is 114 Å². The number of anilines is 2. The van der Waals surface area contributed by atoms with Crippen molar-refractivity contribution in [3.05, 3.63) is 34.8 Å². The van der Waals surface area contributed by atoms with Gasteiger partial charge in [-0.2, -0.15) is 0 Å². The van der Waals surface area contributed by atoms with Crippen LogP contribution in [0, 0.1) is 0 Å². The highest BCUT2D eigenvalue weighted by Crippen LogP contribution is 2.35. The van der Waals surface area contributed by atoms with Crippen LogP contribution in [0.2, 0.25) is 0 Å². The molecule has 0 fully saturated rings. The highest BCUT2D eigenvalue weighted by Gasteiger charge is 2.29. The van der Waals surface area contributed by atoms with Gasteiger partial charge in [-0.1, -0.05) is 6.08 Å². The number of nitrogens with one attached hydrogen (secondary N) is 1. The third-order valence-corrected chi connectivity index (χ3v) is 3.49. The van der Waals surface area contributed by atoms with Crippen molar-refractivity contribution in [2.45, 2.75) is 6.92 Å². The average Bonchev–Trinajstić information content (AvgIpc) is 2.62. The molecule has 0 saturated heterocycles. The zero-order valence-corrected chi connectivity index (χ0v) is 11.6. The van der Waals surface area contributed by atoms with E-state index in [9.17, 15) is 9.59 Å². The molecule has 94 valence electrons. The molecule has 4 nitrogen and oxygen atoms in total. The summed E-state index contributed by atoms with van der Waals surface area (Å²) in [5, 5.41) is 2.57. The Hall–Kier alpha value is -1.62. The van der Waals surface area contributed by atoms with E-state index in [0.717, 1.165) is 16.7 Å². The molecule has 1 aromatic carbocycles. The quantitative estimate of drug-likeness (QED) is 0.687. The first-order valence-electron chi connectivity index (χ1n) is 5.63. The van der Waals surface area contributed by atoms with Crippen molar-refractivity contribution in [3.8, 4) is 0 Å². The second-order valence-electron chi connectivity index (χ2n) is 3.96. The summed E-state index contributed by atoms with van der Waals surface area (Å²) in [6.07, 6.45) is 1.81. The molecule has 0 spiro atoms. The van der Waals surface area contributed by atoms with Crippen LogP contribution < -0.4 is 10.2 Å². The number of hydrogen-bond donors (Lipinski definition) is 1. The number of rotatable bonds is 4. The molecule has 0 aromatic heterocycles. The van der Waals surface area contributed by atoms with E-state index in [1.54, 1.807) is 6.07 Å². The topological polar surface area (TPSA) is 49.4 Å². The molecule has 0 bridgehead atoms. The minimum Gasteiger partial charge on any atom is -0.367 e. The maximum atomic E-state index is 11.6. The standard InChI is InChI=1S/C13H13BrN2O2/c1-3-5-16(4-2)11-7-10-8(6-9(11)14)12(17)13(18)15-10/h3,6-7H,1,4-5H2,2H3,(H,15,17,18). The number of carbonyl (C=O) groups is 2. The van der Waals surface area contributed by atoms with Crippen LogP contribution in [0.3, 0.4) is 0 Å². The molecule has 1 heterocycles. The van der Waals surface area contributed by atoms with Crippen molar-refractivity contribution < 1.29 is 9.59 Å². The molecular weight excluding hydrogens is 296 g/mol. The zero-order chi connectivity index (χ0) is 13.3. The molecule has 1 aliphatic rings. The van der Waals surface area contributed by atoms with Gasteiger partial charge in [-0.15, -0.1) is 6.58 Å². The van der Waals surface area contributed by atoms with Crippen LogP contribution in [-0.2, 0) is 4.79 Å². The molecule has 0 saturated carbocycles. The third kappa shape index (κ3) is 2.06. The van der Waals surface area contributed by atoms with Gasteiger partial charge in [0.15, 0.2) is 0 Å². The van der Waals surface area contributed by atoms with Crippen molar-refractivity contribution in [1.29, 1.82) is 0 Å². The minimum atomic E-state index is -0.569. The smallest absolute Gasteiger partial charge is 0.296 e. The van der Waals surface area contributed by atoms with E-state index in [1.165, 1.54) is 0 Å². The normalized spacial score (nSPS) is 13.2. The molecule has 1 aromatic rings. The molecule has 0 atom stereocenters. The number of benzene rings is 1. The van der Waals surface area contributed by atoms with Crippen LogP contribution in [0.4, 0.5) is 11.4 Å². The SMILES string of the molecule is C=CCN(CC)c1cc2c(cc1Br)C(=O)C(=O)N2. The lowest BCUT2D eigenvalue weighted by Gasteiger charge is -2.23. The van der Waals surface area contributed by atoms with Crippen molar-refractivity contribution in [2.24, 2.45) is 0 Å². The Morgan fingerprint density at radius 1 is 1.44 bits per heavy atom. The number of carbonyl (C=O) groups excluding carboxylic acids is 2. The van der Waals surface area contributed by atoms with Gasteiger partial charge < -0.3 is 10.2 Å². The number of fused-ring (bicyclic) bond motifs is 1. The molecular formula is C13H13BrN2O2. The molecule has 0 aliphatic carbocycles. The van der Waals surface area contributed by atoms with Gasteiger partial charge in [0.2, 0.25) is 0 Å². The van der Waals surface area contributed by atoms with Crippen molar-refractivity contribution >= 4 is 39.0 Å². The van der Waals surface area contributed by atoms with Crippen LogP contribution >= 0.6 is 15.9 Å². The Morgan fingerprint density at radius 2 is 2.17 bits per heavy atom. The van der Waals surface area contributed by atoms with Gasteiger partial charge in [0, 0.05) is 17.6 Å². The van der Waals surface area contributed by atoms with E-state index >= 15 is 0 Å². The predicted molar refractivity (Wildman–Crippen MR) is 75.2 cm³/mol. The lowest BCUT2D eigenvalue weighted by molar-refractivity contribution is -0.112. The second kappa shape index (κ2) is 4.94. The van der Waals surface area contributed by atoms with E-state index in [0.29, 0.717) is 17.8 Å². The van der Waals surface area contributed by atoms with Gasteiger partial charge in [0.25, 0.3) is 11.7 Å². The molecule has 1 amide bonds. The Morgan fingerprint density at radius 3 is 2.78 bits per heavy atom. The molecule has 0 unspecified atom stereocenters. The average molecular weight is 309 g/mol. The summed E-state index contributed by atoms with van der Waals surface area (Å²) in [5.74, 6) is -1.05. The summed E-state index contributed by atoms with van der Waals surface area (Å²) in [6.45, 7) is 7.27. The summed E-state index contributed by atoms with van der Waals surface area (Å²) in [6, 6.07) is 3.51. The highest BCUT2D eigenvalue weighted by atomic mass is 79.9. The van der Waals surface area contributed by atoms with Crippen LogP contribution in [0.1, 0.15) is 17.3 Å². The number of nitrogens with zero attached hydrogens (tertiary/aromatic N) is 1. The number of amides is 1. The molecule has 0 radical (unpaired) electrons. The molecule has 1 aliphatic heterocycles. The van der Waals surface area contributed by atoms with Gasteiger partial charge >= 0.3 is 0 Å². The summed E-state index contributed by atoms with van der Waals surface area (Å²) in [5.41, 5.74) is 1.93. The van der Waals surface area contributed by atoms with Gasteiger partial charge in [-0.05, 0) is 35.0 Å². The van der Waals surface area contributed by atoms with Crippen LogP contribution in [-0.4, -0.2) is 24.8 Å². The third-order valence-electron chi connectivity index (χ3n) is 2.86. The van der Waals surface area contributed by atoms with E-state index in [2.05, 4.69) is 32.7 Å². The zero-order valence-electron chi connectivity index (χ0n) is 10.00. The van der Waals surface area contributed by atoms with E-state index in [4.69, 9.17) is 0 Å². The van der Waals surface area contributed by atoms with E-state index in [-0.39, 0.29) is 0 Å². The van der Waals surface area contributed by atoms with Crippen LogP contribution in [0.15, 0.2) is 29.3 Å². The van der Waals surface area contributed by atoms with Crippen LogP contribution in [0.5, 0.6) is 0 Å². The fraction of sp³-hybridized carbons (Fsp3) is 0.231. The summed E-state index contributed by atoms with van der Waals surface area (Å²) in [4.78, 5) is 25.0. The highest BCUT2D eigenvalue weighted by molar-refractivity contribution is 9.10. The molecule has 18 heavy (non-hydrogen) atoms. The predicted octanol–water partition coefficient (Wildman–Crippen LogP) is 2.60. The fourth-order valence-corrected chi connectivity index (χ4v) is 2.54. The fourth-order valence-electron chi connectivity index (χ4n) is 1.95. The lowest BCUT2D eigenvalue weighted by atomic mass is 10.1. The first kappa shape index (κ1) is 12.8. The maximum absolute atomic E-state index is 11.6. The molecule has 2 rings (SSSR count). The number of halogens is 1. The summed E-state index contributed by atoms with van der Waals surface area (Å²) >= 11 is 3.44. The van der Waals surface area contributed by atoms with Gasteiger partial charge in [-0.25, -0.2) is 0 Å². The minimum absolute atomic E-state index is 0.422. The first-order valence-corrected chi connectivity index (χ1v) is 6.42. The summed E-state index contributed by atoms with van der Waals surface area (Å²) < 4.78 is 0.801. The van der Waals surface area contributed by atoms with Gasteiger partial charge in [0.05, 0.1) is 16.9 Å². The van der Waals surface area contributed by atoms with Crippen LogP contribution in [0.25, 0.3) is 0 Å². The first-order chi connectivity index (χ1) is 8.58. The monoisotopic (exact) mass is 308 g/mol. The van der Waals surface area contributed by atoms with Crippen molar-refractivity contribution in [2.75, 3.05) is 23.3 Å². The van der Waals surface area contributed by atoms with Crippen molar-refractivity contribution in [3.63, 3.8) is 0 Å². The number of ketones is 1. The van der Waals surface area contributed by atoms with Gasteiger partial charge in [0.1, 0.15) is 0 Å². The Bertz CT molecular complexity index is 540. The molecule has 5 heteroatoms. The second-order valence-corrected chi connectivity index (χ2v) is 4.81. The van der Waals surface area contributed by atoms with Gasteiger partial charge in [-0.3, -0.25) is 9.59 Å². The Kier molecular flexibility index (Phi) is 3.52. The van der Waals surface area contributed by atoms with E-state index < -0.39 is 11.7 Å². The largest absolute Gasteiger partial charge is 0.367 e. The number of likely N-dealkylation sites (N-methyl/N-ethyl adjacent to an activating group) is 1. The summed E-state index contributed by atoms with van der Waals surface area (Å²) in [7, 11) is 0.